The smallest absolute Gasteiger partial charge is 0.256 e. The number of nitrogens with one attached hydrogen (secondary N) is 1. The van der Waals surface area contributed by atoms with Gasteiger partial charge in [-0.2, -0.15) is 0 Å². The van der Waals surface area contributed by atoms with Crippen molar-refractivity contribution in [1.29, 1.82) is 0 Å². The van der Waals surface area contributed by atoms with Crippen LogP contribution in [0.3, 0.4) is 0 Å². The number of benzene rings is 2. The maximum Gasteiger partial charge on any atom is 0.256 e. The Morgan fingerprint density at radius 2 is 2.00 bits per heavy atom. The van der Waals surface area contributed by atoms with Crippen molar-refractivity contribution in [3.63, 3.8) is 0 Å². The van der Waals surface area contributed by atoms with E-state index in [1.807, 2.05) is 0 Å². The highest BCUT2D eigenvalue weighted by molar-refractivity contribution is 7.80. The molecule has 0 saturated carbocycles. The molecule has 1 N–H and O–H groups in total. The number of hydrogen-bond donors (Lipinski definition) is 2. The summed E-state index contributed by atoms with van der Waals surface area (Å²) in [4.78, 5) is 12.8. The Balaban J connectivity index is 2.28. The summed E-state index contributed by atoms with van der Waals surface area (Å²) in [5.41, 5.74) is 1.35. The van der Waals surface area contributed by atoms with Gasteiger partial charge in [0.15, 0.2) is 0 Å². The minimum absolute atomic E-state index is 0.0957. The molecule has 0 radical (unpaired) electrons. The molecule has 1 amide bonds. The van der Waals surface area contributed by atoms with E-state index < -0.39 is 5.82 Å². The molecule has 0 aliphatic carbocycles. The standard InChI is InChI=1S/C14H11ClFNOS/c1-8-2-4-10(19)7-11(8)14(18)17-13-5-3-9(15)6-12(13)16/h2-7,19H,1H3,(H,17,18). The number of carbonyl (C=O) groups excluding carboxylic acids is 1. The van der Waals surface area contributed by atoms with Gasteiger partial charge in [-0.25, -0.2) is 4.39 Å². The van der Waals surface area contributed by atoms with Crippen molar-refractivity contribution < 1.29 is 9.18 Å². The third kappa shape index (κ3) is 3.28. The first kappa shape index (κ1) is 13.9. The lowest BCUT2D eigenvalue weighted by Crippen LogP contribution is -2.14. The van der Waals surface area contributed by atoms with Gasteiger partial charge >= 0.3 is 0 Å². The molecule has 0 fully saturated rings. The number of thiol groups is 1. The van der Waals surface area contributed by atoms with Crippen molar-refractivity contribution in [3.8, 4) is 0 Å². The number of halogens is 2. The highest BCUT2D eigenvalue weighted by Crippen LogP contribution is 2.21. The fraction of sp³-hybridized carbons (Fsp3) is 0.0714. The van der Waals surface area contributed by atoms with Gasteiger partial charge in [0.2, 0.25) is 0 Å². The van der Waals surface area contributed by atoms with Gasteiger partial charge in [-0.05, 0) is 42.8 Å². The highest BCUT2D eigenvalue weighted by Gasteiger charge is 2.12. The Morgan fingerprint density at radius 3 is 2.68 bits per heavy atom. The molecule has 2 rings (SSSR count). The van der Waals surface area contributed by atoms with Crippen molar-refractivity contribution in [3.05, 3.63) is 58.4 Å². The first-order valence-corrected chi connectivity index (χ1v) is 6.36. The van der Waals surface area contributed by atoms with E-state index in [-0.39, 0.29) is 16.6 Å². The van der Waals surface area contributed by atoms with Crippen LogP contribution < -0.4 is 5.32 Å². The summed E-state index contributed by atoms with van der Waals surface area (Å²) < 4.78 is 13.6. The van der Waals surface area contributed by atoms with E-state index in [2.05, 4.69) is 17.9 Å². The van der Waals surface area contributed by atoms with Crippen LogP contribution in [0, 0.1) is 12.7 Å². The summed E-state index contributed by atoms with van der Waals surface area (Å²) in [5, 5.41) is 2.80. The normalized spacial score (nSPS) is 10.3. The Hall–Kier alpha value is -1.52. The largest absolute Gasteiger partial charge is 0.319 e. The zero-order chi connectivity index (χ0) is 14.0. The van der Waals surface area contributed by atoms with E-state index in [0.717, 1.165) is 11.6 Å². The first-order chi connectivity index (χ1) is 8.97. The summed E-state index contributed by atoms with van der Waals surface area (Å²) in [5.74, 6) is -0.949. The number of aryl methyl sites for hydroxylation is 1. The maximum atomic E-state index is 13.6. The zero-order valence-electron chi connectivity index (χ0n) is 10.1. The molecule has 0 aliphatic heterocycles. The quantitative estimate of drug-likeness (QED) is 0.793. The van der Waals surface area contributed by atoms with Crippen LogP contribution in [0.5, 0.6) is 0 Å². The van der Waals surface area contributed by atoms with Crippen molar-refractivity contribution in [2.24, 2.45) is 0 Å². The van der Waals surface area contributed by atoms with E-state index in [1.54, 1.807) is 25.1 Å². The van der Waals surface area contributed by atoms with Crippen LogP contribution >= 0.6 is 24.2 Å². The van der Waals surface area contributed by atoms with Crippen LogP contribution in [0.25, 0.3) is 0 Å². The molecule has 0 heterocycles. The second-order valence-electron chi connectivity index (χ2n) is 4.08. The first-order valence-electron chi connectivity index (χ1n) is 5.53. The zero-order valence-corrected chi connectivity index (χ0v) is 11.7. The molecule has 2 aromatic rings. The molecule has 0 aromatic heterocycles. The lowest BCUT2D eigenvalue weighted by Gasteiger charge is -2.09. The van der Waals surface area contributed by atoms with Crippen LogP contribution in [0.4, 0.5) is 10.1 Å². The molecule has 2 nitrogen and oxygen atoms in total. The molecule has 0 unspecified atom stereocenters. The van der Waals surface area contributed by atoms with Gasteiger partial charge in [0.05, 0.1) is 5.69 Å². The molecule has 0 bridgehead atoms. The minimum atomic E-state index is -0.569. The van der Waals surface area contributed by atoms with Crippen LogP contribution in [0.2, 0.25) is 5.02 Å². The predicted molar refractivity (Wildman–Crippen MR) is 77.8 cm³/mol. The molecular weight excluding hydrogens is 285 g/mol. The topological polar surface area (TPSA) is 29.1 Å². The molecule has 5 heteroatoms. The van der Waals surface area contributed by atoms with E-state index in [4.69, 9.17) is 11.6 Å². The Labute approximate surface area is 121 Å². The monoisotopic (exact) mass is 295 g/mol. The molecule has 0 saturated heterocycles. The Bertz CT molecular complexity index is 645. The van der Waals surface area contributed by atoms with Gasteiger partial charge in [0.25, 0.3) is 5.91 Å². The number of amides is 1. The number of hydrogen-bond acceptors (Lipinski definition) is 2. The predicted octanol–water partition coefficient (Wildman–Crippen LogP) is 4.33. The SMILES string of the molecule is Cc1ccc(S)cc1C(=O)Nc1ccc(Cl)cc1F. The van der Waals surface area contributed by atoms with Crippen molar-refractivity contribution in [2.75, 3.05) is 5.32 Å². The highest BCUT2D eigenvalue weighted by atomic mass is 35.5. The second kappa shape index (κ2) is 5.63. The second-order valence-corrected chi connectivity index (χ2v) is 5.03. The van der Waals surface area contributed by atoms with Gasteiger partial charge in [0.1, 0.15) is 5.82 Å². The van der Waals surface area contributed by atoms with Crippen LogP contribution in [0.1, 0.15) is 15.9 Å². The average molecular weight is 296 g/mol. The summed E-state index contributed by atoms with van der Waals surface area (Å²) >= 11 is 9.84. The minimum Gasteiger partial charge on any atom is -0.319 e. The molecule has 19 heavy (non-hydrogen) atoms. The Morgan fingerprint density at radius 1 is 1.26 bits per heavy atom. The summed E-state index contributed by atoms with van der Waals surface area (Å²) in [6, 6.07) is 9.31. The molecule has 0 atom stereocenters. The van der Waals surface area contributed by atoms with Crippen LogP contribution in [0.15, 0.2) is 41.3 Å². The number of rotatable bonds is 2. The van der Waals surface area contributed by atoms with Gasteiger partial charge in [-0.15, -0.1) is 12.6 Å². The third-order valence-corrected chi connectivity index (χ3v) is 3.16. The van der Waals surface area contributed by atoms with Crippen molar-refractivity contribution in [2.45, 2.75) is 11.8 Å². The van der Waals surface area contributed by atoms with E-state index in [1.165, 1.54) is 12.1 Å². The van der Waals surface area contributed by atoms with Gasteiger partial charge in [-0.1, -0.05) is 17.7 Å². The molecular formula is C14H11ClFNOS. The molecule has 2 aromatic carbocycles. The van der Waals surface area contributed by atoms with Crippen molar-refractivity contribution in [1.82, 2.24) is 0 Å². The summed E-state index contributed by atoms with van der Waals surface area (Å²) in [6.07, 6.45) is 0. The fourth-order valence-electron chi connectivity index (χ4n) is 1.64. The molecule has 0 spiro atoms. The average Bonchev–Trinajstić information content (AvgIpc) is 2.35. The van der Waals surface area contributed by atoms with Crippen LogP contribution in [-0.2, 0) is 0 Å². The molecule has 0 aliphatic rings. The van der Waals surface area contributed by atoms with E-state index in [9.17, 15) is 9.18 Å². The van der Waals surface area contributed by atoms with Gasteiger partial charge < -0.3 is 5.32 Å². The van der Waals surface area contributed by atoms with E-state index >= 15 is 0 Å². The number of carbonyl (C=O) groups is 1. The van der Waals surface area contributed by atoms with Gasteiger partial charge in [0, 0.05) is 15.5 Å². The van der Waals surface area contributed by atoms with E-state index in [0.29, 0.717) is 10.5 Å². The lowest BCUT2D eigenvalue weighted by molar-refractivity contribution is 0.102. The Kier molecular flexibility index (Phi) is 4.12. The summed E-state index contributed by atoms with van der Waals surface area (Å²) in [7, 11) is 0. The maximum absolute atomic E-state index is 13.6. The fourth-order valence-corrected chi connectivity index (χ4v) is 2.00. The number of anilines is 1. The van der Waals surface area contributed by atoms with Crippen LogP contribution in [-0.4, -0.2) is 5.91 Å². The molecule has 98 valence electrons. The van der Waals surface area contributed by atoms with Gasteiger partial charge in [-0.3, -0.25) is 4.79 Å². The van der Waals surface area contributed by atoms with Crippen molar-refractivity contribution >= 4 is 35.8 Å². The lowest BCUT2D eigenvalue weighted by atomic mass is 10.1. The third-order valence-electron chi connectivity index (χ3n) is 2.65. The summed E-state index contributed by atoms with van der Waals surface area (Å²) in [6.45, 7) is 1.81.